The largest absolute Gasteiger partial charge is 0.476 e. The van der Waals surface area contributed by atoms with Crippen molar-refractivity contribution < 1.29 is 18.3 Å². The van der Waals surface area contributed by atoms with Crippen LogP contribution >= 0.6 is 0 Å². The molecule has 1 aliphatic rings. The molecule has 2 heterocycles. The predicted octanol–water partition coefficient (Wildman–Crippen LogP) is -0.631. The van der Waals surface area contributed by atoms with E-state index in [2.05, 4.69) is 5.10 Å². The van der Waals surface area contributed by atoms with Crippen LogP contribution in [0.2, 0.25) is 0 Å². The first-order valence-corrected chi connectivity index (χ1v) is 5.20. The number of hydrogen-bond donors (Lipinski definition) is 1. The first-order valence-electron chi connectivity index (χ1n) is 3.54. The zero-order valence-electron chi connectivity index (χ0n) is 6.47. The van der Waals surface area contributed by atoms with Crippen molar-refractivity contribution in [2.75, 3.05) is 5.75 Å². The molecule has 1 aliphatic heterocycles. The van der Waals surface area contributed by atoms with E-state index in [0.29, 0.717) is 0 Å². The molecule has 1 N–H and O–H groups in total. The van der Waals surface area contributed by atoms with E-state index in [0.717, 1.165) is 6.07 Å². The number of aromatic carboxylic acids is 1. The second-order valence-electron chi connectivity index (χ2n) is 2.71. The molecule has 0 bridgehead atoms. The fourth-order valence-electron chi connectivity index (χ4n) is 1.23. The van der Waals surface area contributed by atoms with Crippen LogP contribution < -0.4 is 0 Å². The minimum absolute atomic E-state index is 0.00454. The van der Waals surface area contributed by atoms with E-state index < -0.39 is 15.8 Å². The summed E-state index contributed by atoms with van der Waals surface area (Å²) in [6.45, 7) is 0.241. The Balaban J connectivity index is 2.61. The summed E-state index contributed by atoms with van der Waals surface area (Å²) in [5.74, 6) is -1.20. The van der Waals surface area contributed by atoms with Gasteiger partial charge in [0.2, 0.25) is 0 Å². The number of rotatable bonds is 1. The smallest absolute Gasteiger partial charge is 0.356 e. The summed E-state index contributed by atoms with van der Waals surface area (Å²) in [7, 11) is -3.28. The van der Waals surface area contributed by atoms with Gasteiger partial charge in [0.25, 0.3) is 0 Å². The minimum Gasteiger partial charge on any atom is -0.476 e. The van der Waals surface area contributed by atoms with E-state index >= 15 is 0 Å². The van der Waals surface area contributed by atoms with Crippen LogP contribution in [-0.2, 0) is 16.4 Å². The Morgan fingerprint density at radius 2 is 2.31 bits per heavy atom. The summed E-state index contributed by atoms with van der Waals surface area (Å²) < 4.78 is 23.7. The van der Waals surface area contributed by atoms with Crippen molar-refractivity contribution in [1.29, 1.82) is 0 Å². The van der Waals surface area contributed by atoms with Gasteiger partial charge in [-0.05, 0) is 0 Å². The van der Waals surface area contributed by atoms with E-state index in [1.165, 1.54) is 4.68 Å². The van der Waals surface area contributed by atoms with Gasteiger partial charge in [0.05, 0.1) is 12.3 Å². The van der Waals surface area contributed by atoms with Crippen molar-refractivity contribution >= 4 is 15.8 Å². The highest BCUT2D eigenvalue weighted by molar-refractivity contribution is 7.91. The molecule has 1 aromatic rings. The maximum atomic E-state index is 11.2. The van der Waals surface area contributed by atoms with Gasteiger partial charge in [0.1, 0.15) is 0 Å². The number of carbonyl (C=O) groups is 1. The molecule has 0 fully saturated rings. The van der Waals surface area contributed by atoms with Crippen molar-refractivity contribution in [2.45, 2.75) is 11.6 Å². The molecule has 0 saturated carbocycles. The standard InChI is InChI=1S/C6H6N2O4S/c9-6(10)4-3-5-8(7-4)1-2-13(5,11)12/h3H,1-2H2,(H,9,10). The SMILES string of the molecule is O=C(O)c1cc2n(n1)CCS2(=O)=O. The van der Waals surface area contributed by atoms with Crippen LogP contribution in [0, 0.1) is 0 Å². The molecule has 0 amide bonds. The normalized spacial score (nSPS) is 18.5. The number of nitrogens with zero attached hydrogens (tertiary/aromatic N) is 2. The number of aryl methyl sites for hydroxylation is 1. The maximum Gasteiger partial charge on any atom is 0.356 e. The number of aromatic nitrogens is 2. The first kappa shape index (κ1) is 8.24. The van der Waals surface area contributed by atoms with Crippen LogP contribution in [0.25, 0.3) is 0 Å². The third kappa shape index (κ3) is 1.12. The molecule has 70 valence electrons. The van der Waals surface area contributed by atoms with Gasteiger partial charge >= 0.3 is 5.97 Å². The highest BCUT2D eigenvalue weighted by Crippen LogP contribution is 2.19. The Kier molecular flexibility index (Phi) is 1.47. The van der Waals surface area contributed by atoms with Crippen molar-refractivity contribution in [3.05, 3.63) is 11.8 Å². The quantitative estimate of drug-likeness (QED) is 0.654. The Morgan fingerprint density at radius 3 is 2.85 bits per heavy atom. The van der Waals surface area contributed by atoms with Gasteiger partial charge in [0, 0.05) is 6.07 Å². The Labute approximate surface area is 73.7 Å². The van der Waals surface area contributed by atoms with Gasteiger partial charge < -0.3 is 5.11 Å². The maximum absolute atomic E-state index is 11.2. The van der Waals surface area contributed by atoms with Crippen LogP contribution in [0.15, 0.2) is 11.1 Å². The third-order valence-corrected chi connectivity index (χ3v) is 3.54. The second kappa shape index (κ2) is 2.32. The van der Waals surface area contributed by atoms with Gasteiger partial charge in [-0.2, -0.15) is 5.10 Å². The summed E-state index contributed by atoms with van der Waals surface area (Å²) in [6.07, 6.45) is 0. The average Bonchev–Trinajstić information content (AvgIpc) is 2.53. The summed E-state index contributed by atoms with van der Waals surface area (Å²) in [5.41, 5.74) is -0.224. The lowest BCUT2D eigenvalue weighted by molar-refractivity contribution is 0.0689. The molecular weight excluding hydrogens is 196 g/mol. The minimum atomic E-state index is -3.28. The predicted molar refractivity (Wildman–Crippen MR) is 41.2 cm³/mol. The first-order chi connectivity index (χ1) is 6.00. The van der Waals surface area contributed by atoms with Gasteiger partial charge in [-0.15, -0.1) is 0 Å². The molecule has 0 aliphatic carbocycles. The number of carboxylic acid groups (broad SMARTS) is 1. The van der Waals surface area contributed by atoms with Crippen molar-refractivity contribution in [3.63, 3.8) is 0 Å². The molecule has 13 heavy (non-hydrogen) atoms. The Bertz CT molecular complexity index is 473. The molecule has 0 spiro atoms. The molecule has 6 nitrogen and oxygen atoms in total. The zero-order valence-corrected chi connectivity index (χ0v) is 7.28. The lowest BCUT2D eigenvalue weighted by Gasteiger charge is -1.87. The fourth-order valence-corrected chi connectivity index (χ4v) is 2.59. The number of fused-ring (bicyclic) bond motifs is 1. The molecular formula is C6H6N2O4S. The second-order valence-corrected chi connectivity index (χ2v) is 4.77. The number of sulfone groups is 1. The molecule has 2 rings (SSSR count). The van der Waals surface area contributed by atoms with Crippen LogP contribution in [0.4, 0.5) is 0 Å². The van der Waals surface area contributed by atoms with E-state index in [4.69, 9.17) is 5.11 Å². The molecule has 0 radical (unpaired) electrons. The van der Waals surface area contributed by atoms with Gasteiger partial charge in [0.15, 0.2) is 20.6 Å². The van der Waals surface area contributed by atoms with Gasteiger partial charge in [-0.1, -0.05) is 0 Å². The van der Waals surface area contributed by atoms with E-state index in [9.17, 15) is 13.2 Å². The molecule has 1 aromatic heterocycles. The van der Waals surface area contributed by atoms with Crippen LogP contribution in [0.3, 0.4) is 0 Å². The highest BCUT2D eigenvalue weighted by Gasteiger charge is 2.29. The van der Waals surface area contributed by atoms with E-state index in [1.807, 2.05) is 0 Å². The van der Waals surface area contributed by atoms with E-state index in [1.54, 1.807) is 0 Å². The average molecular weight is 202 g/mol. The highest BCUT2D eigenvalue weighted by atomic mass is 32.2. The van der Waals surface area contributed by atoms with Crippen molar-refractivity contribution in [3.8, 4) is 0 Å². The summed E-state index contributed by atoms with van der Waals surface area (Å²) in [5, 5.41) is 12.2. The molecule has 0 saturated heterocycles. The third-order valence-electron chi connectivity index (χ3n) is 1.85. The zero-order chi connectivity index (χ0) is 9.64. The van der Waals surface area contributed by atoms with Crippen LogP contribution in [0.1, 0.15) is 10.5 Å². The molecule has 0 aromatic carbocycles. The van der Waals surface area contributed by atoms with Crippen molar-refractivity contribution in [2.24, 2.45) is 0 Å². The molecule has 0 atom stereocenters. The van der Waals surface area contributed by atoms with Crippen LogP contribution in [0.5, 0.6) is 0 Å². The summed E-state index contributed by atoms with van der Waals surface area (Å²) in [4.78, 5) is 10.4. The van der Waals surface area contributed by atoms with E-state index in [-0.39, 0.29) is 23.0 Å². The number of hydrogen-bond acceptors (Lipinski definition) is 4. The van der Waals surface area contributed by atoms with Gasteiger partial charge in [-0.3, -0.25) is 4.68 Å². The van der Waals surface area contributed by atoms with Gasteiger partial charge in [-0.25, -0.2) is 13.2 Å². The Hall–Kier alpha value is -1.37. The molecule has 0 unspecified atom stereocenters. The monoisotopic (exact) mass is 202 g/mol. The van der Waals surface area contributed by atoms with Crippen LogP contribution in [-0.4, -0.2) is 35.0 Å². The summed E-state index contributed by atoms with van der Waals surface area (Å²) in [6, 6.07) is 1.09. The molecule has 7 heteroatoms. The lowest BCUT2D eigenvalue weighted by atomic mass is 10.4. The lowest BCUT2D eigenvalue weighted by Crippen LogP contribution is -2.03. The number of carboxylic acids is 1. The Morgan fingerprint density at radius 1 is 1.62 bits per heavy atom. The van der Waals surface area contributed by atoms with Crippen molar-refractivity contribution in [1.82, 2.24) is 9.78 Å². The fraction of sp³-hybridized carbons (Fsp3) is 0.333. The summed E-state index contributed by atoms with van der Waals surface area (Å²) >= 11 is 0. The topological polar surface area (TPSA) is 89.3 Å².